The van der Waals surface area contributed by atoms with E-state index in [2.05, 4.69) is 41.1 Å². The van der Waals surface area contributed by atoms with Gasteiger partial charge < -0.3 is 14.6 Å². The quantitative estimate of drug-likeness (QED) is 0.204. The Hall–Kier alpha value is -3.89. The van der Waals surface area contributed by atoms with E-state index in [0.717, 1.165) is 47.3 Å². The van der Waals surface area contributed by atoms with Gasteiger partial charge in [0.1, 0.15) is 12.4 Å². The first-order valence-electron chi connectivity index (χ1n) is 13.0. The zero-order valence-electron chi connectivity index (χ0n) is 21.5. The molecule has 0 amide bonds. The van der Waals surface area contributed by atoms with Gasteiger partial charge in [0.15, 0.2) is 5.82 Å². The van der Waals surface area contributed by atoms with Gasteiger partial charge in [-0.1, -0.05) is 85.8 Å². The molecule has 0 aliphatic heterocycles. The molecule has 4 aromatic carbocycles. The molecule has 0 saturated heterocycles. The van der Waals surface area contributed by atoms with Crippen molar-refractivity contribution in [3.8, 4) is 17.0 Å². The van der Waals surface area contributed by atoms with Crippen LogP contribution in [0.25, 0.3) is 22.2 Å². The van der Waals surface area contributed by atoms with E-state index in [-0.39, 0.29) is 5.82 Å². The van der Waals surface area contributed by atoms with E-state index in [9.17, 15) is 0 Å². The minimum Gasteiger partial charge on any atom is -0.489 e. The van der Waals surface area contributed by atoms with Gasteiger partial charge in [0.25, 0.3) is 0 Å². The average Bonchev–Trinajstić information content (AvgIpc) is 3.20. The maximum atomic E-state index is 16.2. The molecule has 4 heteroatoms. The second-order valence-corrected chi connectivity index (χ2v) is 9.44. The van der Waals surface area contributed by atoms with E-state index in [1.807, 2.05) is 79.7 Å². The number of likely N-dealkylation sites (N-methyl/N-ethyl adjacent to an activating group) is 1. The molecule has 188 valence electrons. The van der Waals surface area contributed by atoms with Gasteiger partial charge in [-0.3, -0.25) is 0 Å². The van der Waals surface area contributed by atoms with Crippen LogP contribution in [0.15, 0.2) is 97.1 Å². The van der Waals surface area contributed by atoms with Crippen LogP contribution in [-0.2, 0) is 19.6 Å². The molecule has 5 aromatic rings. The van der Waals surface area contributed by atoms with Crippen LogP contribution >= 0.6 is 0 Å². The Morgan fingerprint density at radius 2 is 1.54 bits per heavy atom. The first kappa shape index (κ1) is 24.8. The minimum absolute atomic E-state index is 0.211. The fourth-order valence-corrected chi connectivity index (χ4v) is 4.79. The molecule has 1 aromatic heterocycles. The summed E-state index contributed by atoms with van der Waals surface area (Å²) in [4.78, 5) is 0. The SMILES string of the molecule is CCNCCc1ccc(Cn2c(-c3ccccc3C)c(F)c3cc(OCc4ccccc4)ccc32)cc1. The van der Waals surface area contributed by atoms with Crippen LogP contribution in [0.3, 0.4) is 0 Å². The highest BCUT2D eigenvalue weighted by atomic mass is 19.1. The van der Waals surface area contributed by atoms with Crippen molar-refractivity contribution in [1.82, 2.24) is 9.88 Å². The lowest BCUT2D eigenvalue weighted by Crippen LogP contribution is -2.16. The average molecular weight is 493 g/mol. The second kappa shape index (κ2) is 11.4. The minimum atomic E-state index is -0.211. The number of nitrogens with one attached hydrogen (secondary N) is 1. The third-order valence-electron chi connectivity index (χ3n) is 6.83. The molecule has 0 unspecified atom stereocenters. The summed E-state index contributed by atoms with van der Waals surface area (Å²) >= 11 is 0. The third-order valence-corrected chi connectivity index (χ3v) is 6.83. The maximum Gasteiger partial charge on any atom is 0.156 e. The van der Waals surface area contributed by atoms with Crippen LogP contribution in [0, 0.1) is 12.7 Å². The summed E-state index contributed by atoms with van der Waals surface area (Å²) in [5, 5.41) is 3.95. The molecule has 0 saturated carbocycles. The summed E-state index contributed by atoms with van der Waals surface area (Å²) in [5.41, 5.74) is 6.95. The van der Waals surface area contributed by atoms with Crippen molar-refractivity contribution in [3.05, 3.63) is 125 Å². The van der Waals surface area contributed by atoms with Gasteiger partial charge in [-0.15, -0.1) is 0 Å². The predicted octanol–water partition coefficient (Wildman–Crippen LogP) is 7.54. The lowest BCUT2D eigenvalue weighted by Gasteiger charge is -2.14. The van der Waals surface area contributed by atoms with Gasteiger partial charge in [-0.2, -0.15) is 0 Å². The Bertz CT molecular complexity index is 1470. The number of aryl methyl sites for hydroxylation is 1. The fourth-order valence-electron chi connectivity index (χ4n) is 4.79. The highest BCUT2D eigenvalue weighted by Crippen LogP contribution is 2.36. The van der Waals surface area contributed by atoms with Crippen LogP contribution in [-0.4, -0.2) is 17.7 Å². The van der Waals surface area contributed by atoms with Crippen molar-refractivity contribution in [2.24, 2.45) is 0 Å². The van der Waals surface area contributed by atoms with E-state index in [1.165, 1.54) is 5.56 Å². The Balaban J connectivity index is 1.50. The van der Waals surface area contributed by atoms with E-state index < -0.39 is 0 Å². The number of hydrogen-bond donors (Lipinski definition) is 1. The molecule has 0 spiro atoms. The molecule has 0 bridgehead atoms. The summed E-state index contributed by atoms with van der Waals surface area (Å²) in [6.45, 7) is 7.13. The number of benzene rings is 4. The number of rotatable bonds is 10. The molecule has 0 aliphatic carbocycles. The molecule has 0 aliphatic rings. The molecular formula is C33H33FN2O. The van der Waals surface area contributed by atoms with Crippen molar-refractivity contribution in [3.63, 3.8) is 0 Å². The van der Waals surface area contributed by atoms with E-state index >= 15 is 4.39 Å². The van der Waals surface area contributed by atoms with Crippen LogP contribution in [0.2, 0.25) is 0 Å². The smallest absolute Gasteiger partial charge is 0.156 e. The van der Waals surface area contributed by atoms with Gasteiger partial charge in [-0.25, -0.2) is 4.39 Å². The first-order chi connectivity index (χ1) is 18.1. The molecule has 5 rings (SSSR count). The fraction of sp³-hybridized carbons (Fsp3) is 0.212. The molecule has 1 heterocycles. The van der Waals surface area contributed by atoms with Crippen molar-refractivity contribution in [1.29, 1.82) is 0 Å². The Morgan fingerprint density at radius 3 is 2.30 bits per heavy atom. The Labute approximate surface area is 218 Å². The maximum absolute atomic E-state index is 16.2. The molecule has 0 fully saturated rings. The number of nitrogens with zero attached hydrogens (tertiary/aromatic N) is 1. The second-order valence-electron chi connectivity index (χ2n) is 9.44. The summed E-state index contributed by atoms with van der Waals surface area (Å²) in [6.07, 6.45) is 0.995. The topological polar surface area (TPSA) is 26.2 Å². The van der Waals surface area contributed by atoms with Gasteiger partial charge >= 0.3 is 0 Å². The van der Waals surface area contributed by atoms with Crippen LogP contribution in [0.5, 0.6) is 5.75 Å². The van der Waals surface area contributed by atoms with Crippen molar-refractivity contribution in [2.75, 3.05) is 13.1 Å². The third kappa shape index (κ3) is 5.60. The summed E-state index contributed by atoms with van der Waals surface area (Å²) in [5.74, 6) is 0.450. The summed E-state index contributed by atoms with van der Waals surface area (Å²) < 4.78 is 24.3. The number of ether oxygens (including phenoxy) is 1. The van der Waals surface area contributed by atoms with Gasteiger partial charge in [0.2, 0.25) is 0 Å². The summed E-state index contributed by atoms with van der Waals surface area (Å²) in [6, 6.07) is 32.4. The van der Waals surface area contributed by atoms with Gasteiger partial charge in [-0.05, 0) is 66.9 Å². The monoisotopic (exact) mass is 492 g/mol. The van der Waals surface area contributed by atoms with Crippen LogP contribution < -0.4 is 10.1 Å². The Morgan fingerprint density at radius 1 is 0.811 bits per heavy atom. The van der Waals surface area contributed by atoms with Crippen LogP contribution in [0.1, 0.15) is 29.2 Å². The first-order valence-corrected chi connectivity index (χ1v) is 13.0. The molecule has 0 atom stereocenters. The molecule has 37 heavy (non-hydrogen) atoms. The number of aromatic nitrogens is 1. The molecular weight excluding hydrogens is 459 g/mol. The zero-order valence-corrected chi connectivity index (χ0v) is 21.5. The normalized spacial score (nSPS) is 11.2. The molecule has 0 radical (unpaired) electrons. The van der Waals surface area contributed by atoms with Crippen molar-refractivity contribution in [2.45, 2.75) is 33.4 Å². The summed E-state index contributed by atoms with van der Waals surface area (Å²) in [7, 11) is 0. The lowest BCUT2D eigenvalue weighted by atomic mass is 10.0. The van der Waals surface area contributed by atoms with Crippen LogP contribution in [0.4, 0.5) is 4.39 Å². The van der Waals surface area contributed by atoms with Gasteiger partial charge in [0, 0.05) is 17.5 Å². The molecule has 3 nitrogen and oxygen atoms in total. The van der Waals surface area contributed by atoms with Gasteiger partial charge in [0.05, 0.1) is 11.2 Å². The number of halogens is 1. The van der Waals surface area contributed by atoms with E-state index in [1.54, 1.807) is 0 Å². The predicted molar refractivity (Wildman–Crippen MR) is 151 cm³/mol. The Kier molecular flexibility index (Phi) is 7.67. The lowest BCUT2D eigenvalue weighted by molar-refractivity contribution is 0.306. The van der Waals surface area contributed by atoms with Crippen molar-refractivity contribution >= 4 is 10.9 Å². The van der Waals surface area contributed by atoms with E-state index in [0.29, 0.717) is 30.0 Å². The largest absolute Gasteiger partial charge is 0.489 e. The standard InChI is InChI=1S/C33H33FN2O/c1-3-35-20-19-25-13-15-26(16-14-25)22-36-31-18-17-28(37-23-27-10-5-4-6-11-27)21-30(31)32(34)33(36)29-12-8-7-9-24(29)2/h4-18,21,35H,3,19-20,22-23H2,1-2H3. The number of hydrogen-bond acceptors (Lipinski definition) is 2. The highest BCUT2D eigenvalue weighted by molar-refractivity contribution is 5.89. The molecule has 1 N–H and O–H groups in total. The zero-order chi connectivity index (χ0) is 25.6. The van der Waals surface area contributed by atoms with Crippen molar-refractivity contribution < 1.29 is 9.13 Å². The highest BCUT2D eigenvalue weighted by Gasteiger charge is 2.21. The number of fused-ring (bicyclic) bond motifs is 1. The van der Waals surface area contributed by atoms with E-state index in [4.69, 9.17) is 4.74 Å².